The van der Waals surface area contributed by atoms with Crippen LogP contribution in [0.5, 0.6) is 0 Å². The quantitative estimate of drug-likeness (QED) is 0.600. The molecule has 1 saturated heterocycles. The number of H-pyrrole nitrogens is 1. The van der Waals surface area contributed by atoms with Crippen LogP contribution in [-0.2, 0) is 0 Å². The first-order chi connectivity index (χ1) is 5.47. The van der Waals surface area contributed by atoms with E-state index in [1.54, 1.807) is 0 Å². The van der Waals surface area contributed by atoms with Gasteiger partial charge in [-0.1, -0.05) is 0 Å². The van der Waals surface area contributed by atoms with Crippen LogP contribution in [0.25, 0.3) is 0 Å². The third-order valence-electron chi connectivity index (χ3n) is 1.98. The van der Waals surface area contributed by atoms with E-state index in [1.165, 1.54) is 5.69 Å². The summed E-state index contributed by atoms with van der Waals surface area (Å²) in [4.78, 5) is 5.27. The molecule has 0 atom stereocenters. The van der Waals surface area contributed by atoms with Gasteiger partial charge in [0.2, 0.25) is 0 Å². The Morgan fingerprint density at radius 2 is 2.18 bits per heavy atom. The molecule has 0 saturated carbocycles. The minimum atomic E-state index is 1.08. The molecule has 0 aromatic carbocycles. The molecule has 1 fully saturated rings. The maximum absolute atomic E-state index is 3.31. The molecular formula is C8H12N3. The topological polar surface area (TPSA) is 31.1 Å². The molecule has 11 heavy (non-hydrogen) atoms. The van der Waals surface area contributed by atoms with E-state index < -0.39 is 0 Å². The fraction of sp³-hybridized carbons (Fsp3) is 0.500. The number of anilines is 1. The van der Waals surface area contributed by atoms with Gasteiger partial charge in [0, 0.05) is 32.4 Å². The zero-order valence-corrected chi connectivity index (χ0v) is 6.43. The van der Waals surface area contributed by atoms with Crippen molar-refractivity contribution in [1.82, 2.24) is 10.3 Å². The second kappa shape index (κ2) is 2.96. The fourth-order valence-electron chi connectivity index (χ4n) is 1.37. The van der Waals surface area contributed by atoms with Gasteiger partial charge in [0.05, 0.1) is 11.9 Å². The molecule has 3 nitrogen and oxygen atoms in total. The van der Waals surface area contributed by atoms with Crippen molar-refractivity contribution in [2.24, 2.45) is 0 Å². The lowest BCUT2D eigenvalue weighted by Gasteiger charge is -2.27. The summed E-state index contributed by atoms with van der Waals surface area (Å²) in [6.07, 6.45) is 4.99. The van der Waals surface area contributed by atoms with Crippen LogP contribution in [0.4, 0.5) is 5.69 Å². The molecule has 1 aromatic heterocycles. The first kappa shape index (κ1) is 6.73. The van der Waals surface area contributed by atoms with Crippen molar-refractivity contribution in [3.63, 3.8) is 0 Å². The molecular weight excluding hydrogens is 138 g/mol. The van der Waals surface area contributed by atoms with Crippen LogP contribution >= 0.6 is 0 Å². The summed E-state index contributed by atoms with van der Waals surface area (Å²) in [7, 11) is 0. The number of rotatable bonds is 1. The second-order valence-electron chi connectivity index (χ2n) is 2.72. The molecule has 3 heteroatoms. The summed E-state index contributed by atoms with van der Waals surface area (Å²) in [5.74, 6) is 0. The van der Waals surface area contributed by atoms with Crippen molar-refractivity contribution in [2.75, 3.05) is 31.1 Å². The molecule has 2 N–H and O–H groups in total. The predicted molar refractivity (Wildman–Crippen MR) is 44.7 cm³/mol. The van der Waals surface area contributed by atoms with Crippen LogP contribution < -0.4 is 10.2 Å². The highest BCUT2D eigenvalue weighted by Gasteiger charge is 2.09. The highest BCUT2D eigenvalue weighted by Crippen LogP contribution is 2.11. The molecule has 1 aliphatic heterocycles. The number of hydrogen-bond donors (Lipinski definition) is 2. The molecule has 0 bridgehead atoms. The van der Waals surface area contributed by atoms with Crippen molar-refractivity contribution < 1.29 is 0 Å². The second-order valence-corrected chi connectivity index (χ2v) is 2.72. The van der Waals surface area contributed by atoms with Gasteiger partial charge in [-0.15, -0.1) is 0 Å². The maximum atomic E-state index is 3.31. The standard InChI is InChI=1S/C8H12N3/c1-2-10-7-8(1)11-5-3-9-4-6-11/h1-2,9-10H,3-6H2. The molecule has 1 aliphatic rings. The molecule has 1 aromatic rings. The van der Waals surface area contributed by atoms with Crippen molar-refractivity contribution in [1.29, 1.82) is 0 Å². The van der Waals surface area contributed by atoms with E-state index in [1.807, 2.05) is 6.20 Å². The summed E-state index contributed by atoms with van der Waals surface area (Å²) in [6, 6.07) is 2.06. The summed E-state index contributed by atoms with van der Waals surface area (Å²) < 4.78 is 0. The normalized spacial score (nSPS) is 18.7. The van der Waals surface area contributed by atoms with Crippen molar-refractivity contribution in [2.45, 2.75) is 0 Å². The molecule has 0 spiro atoms. The van der Waals surface area contributed by atoms with Gasteiger partial charge in [-0.05, 0) is 6.07 Å². The molecule has 2 rings (SSSR count). The molecule has 0 unspecified atom stereocenters. The van der Waals surface area contributed by atoms with Crippen LogP contribution in [0.2, 0.25) is 0 Å². The lowest BCUT2D eigenvalue weighted by atomic mass is 10.3. The third-order valence-corrected chi connectivity index (χ3v) is 1.98. The van der Waals surface area contributed by atoms with Crippen LogP contribution in [0.3, 0.4) is 0 Å². The third kappa shape index (κ3) is 1.38. The van der Waals surface area contributed by atoms with Crippen LogP contribution in [-0.4, -0.2) is 31.2 Å². The highest BCUT2D eigenvalue weighted by molar-refractivity contribution is 5.43. The maximum Gasteiger partial charge on any atom is 0.0878 e. The largest absolute Gasteiger partial charge is 0.367 e. The molecule has 0 aliphatic carbocycles. The van der Waals surface area contributed by atoms with Crippen LogP contribution in [0.1, 0.15) is 0 Å². The molecule has 59 valence electrons. The Morgan fingerprint density at radius 3 is 2.82 bits per heavy atom. The van der Waals surface area contributed by atoms with Gasteiger partial charge in [0.1, 0.15) is 0 Å². The Labute approximate surface area is 66.4 Å². The number of aromatic amines is 1. The first-order valence-corrected chi connectivity index (χ1v) is 3.97. The van der Waals surface area contributed by atoms with Crippen molar-refractivity contribution >= 4 is 5.69 Å². The number of nitrogens with zero attached hydrogens (tertiary/aromatic N) is 1. The van der Waals surface area contributed by atoms with Gasteiger partial charge >= 0.3 is 0 Å². The Morgan fingerprint density at radius 1 is 1.36 bits per heavy atom. The number of piperazine rings is 1. The lowest BCUT2D eigenvalue weighted by Crippen LogP contribution is -2.43. The van der Waals surface area contributed by atoms with Gasteiger partial charge in [-0.2, -0.15) is 0 Å². The fourth-order valence-corrected chi connectivity index (χ4v) is 1.37. The SMILES string of the molecule is [c]1[nH]ccc1N1CCNCC1. The highest BCUT2D eigenvalue weighted by atomic mass is 15.2. The Hall–Kier alpha value is -0.960. The van der Waals surface area contributed by atoms with E-state index in [-0.39, 0.29) is 0 Å². The minimum Gasteiger partial charge on any atom is -0.367 e. The predicted octanol–water partition coefficient (Wildman–Crippen LogP) is 0.224. The smallest absolute Gasteiger partial charge is 0.0878 e. The summed E-state index contributed by atoms with van der Waals surface area (Å²) in [6.45, 7) is 4.35. The van der Waals surface area contributed by atoms with Gasteiger partial charge in [0.15, 0.2) is 0 Å². The molecule has 1 radical (unpaired) electrons. The summed E-state index contributed by atoms with van der Waals surface area (Å²) in [5, 5.41) is 3.31. The van der Waals surface area contributed by atoms with Gasteiger partial charge in [-0.25, -0.2) is 0 Å². The van der Waals surface area contributed by atoms with E-state index in [0.29, 0.717) is 0 Å². The lowest BCUT2D eigenvalue weighted by molar-refractivity contribution is 0.589. The van der Waals surface area contributed by atoms with Gasteiger partial charge < -0.3 is 15.2 Å². The Kier molecular flexibility index (Phi) is 1.81. The van der Waals surface area contributed by atoms with E-state index in [2.05, 4.69) is 27.5 Å². The van der Waals surface area contributed by atoms with Gasteiger partial charge in [0.25, 0.3) is 0 Å². The van der Waals surface area contributed by atoms with Crippen molar-refractivity contribution in [3.05, 3.63) is 18.5 Å². The van der Waals surface area contributed by atoms with E-state index >= 15 is 0 Å². The minimum absolute atomic E-state index is 1.08. The Balaban J connectivity index is 2.04. The van der Waals surface area contributed by atoms with Crippen LogP contribution in [0.15, 0.2) is 12.3 Å². The monoisotopic (exact) mass is 150 g/mol. The zero-order valence-electron chi connectivity index (χ0n) is 6.43. The van der Waals surface area contributed by atoms with Crippen molar-refractivity contribution in [3.8, 4) is 0 Å². The van der Waals surface area contributed by atoms with E-state index in [9.17, 15) is 0 Å². The number of nitrogens with one attached hydrogen (secondary N) is 2. The summed E-state index contributed by atoms with van der Waals surface area (Å²) >= 11 is 0. The van der Waals surface area contributed by atoms with E-state index in [4.69, 9.17) is 0 Å². The number of hydrogen-bond acceptors (Lipinski definition) is 2. The van der Waals surface area contributed by atoms with Gasteiger partial charge in [-0.3, -0.25) is 0 Å². The first-order valence-electron chi connectivity index (χ1n) is 3.97. The summed E-state index contributed by atoms with van der Waals surface area (Å²) in [5.41, 5.74) is 1.19. The Bertz CT molecular complexity index is 199. The molecule has 2 heterocycles. The molecule has 0 amide bonds. The number of aromatic nitrogens is 1. The average molecular weight is 150 g/mol. The zero-order chi connectivity index (χ0) is 7.52. The van der Waals surface area contributed by atoms with Crippen LogP contribution in [0, 0.1) is 6.20 Å². The van der Waals surface area contributed by atoms with E-state index in [0.717, 1.165) is 26.2 Å². The average Bonchev–Trinajstić information content (AvgIpc) is 2.58.